The third-order valence-electron chi connectivity index (χ3n) is 4.27. The average molecular weight is 292 g/mol. The van der Waals surface area contributed by atoms with Crippen molar-refractivity contribution >= 4 is 17.1 Å². The van der Waals surface area contributed by atoms with E-state index in [4.69, 9.17) is 5.73 Å². The lowest BCUT2D eigenvalue weighted by Crippen LogP contribution is -2.46. The summed E-state index contributed by atoms with van der Waals surface area (Å²) in [6, 6.07) is 0.452. The van der Waals surface area contributed by atoms with Crippen LogP contribution in [0.3, 0.4) is 0 Å². The Kier molecular flexibility index (Phi) is 3.12. The molecule has 0 spiro atoms. The molecule has 0 aliphatic carbocycles. The zero-order valence-corrected chi connectivity index (χ0v) is 12.5. The first kappa shape index (κ1) is 13.9. The van der Waals surface area contributed by atoms with Crippen molar-refractivity contribution in [3.63, 3.8) is 0 Å². The van der Waals surface area contributed by atoms with Crippen LogP contribution in [-0.2, 0) is 14.1 Å². The summed E-state index contributed by atoms with van der Waals surface area (Å²) >= 11 is 0. The molecule has 0 aromatic carbocycles. The van der Waals surface area contributed by atoms with Crippen LogP contribution in [0.1, 0.15) is 19.8 Å². The Balaban J connectivity index is 2.14. The van der Waals surface area contributed by atoms with Gasteiger partial charge in [0.25, 0.3) is 5.56 Å². The quantitative estimate of drug-likeness (QED) is 0.722. The number of rotatable bonds is 1. The molecule has 3 N–H and O–H groups in total. The predicted octanol–water partition coefficient (Wildman–Crippen LogP) is -0.724. The molecular formula is C13H20N6O2. The maximum absolute atomic E-state index is 12.2. The van der Waals surface area contributed by atoms with E-state index >= 15 is 0 Å². The van der Waals surface area contributed by atoms with Crippen molar-refractivity contribution in [2.45, 2.75) is 31.8 Å². The van der Waals surface area contributed by atoms with Crippen molar-refractivity contribution in [1.29, 1.82) is 0 Å². The van der Waals surface area contributed by atoms with Gasteiger partial charge in [-0.2, -0.15) is 4.98 Å². The van der Waals surface area contributed by atoms with Crippen LogP contribution in [-0.4, -0.2) is 37.7 Å². The molecule has 0 radical (unpaired) electrons. The van der Waals surface area contributed by atoms with Gasteiger partial charge in [-0.25, -0.2) is 4.79 Å². The third-order valence-corrected chi connectivity index (χ3v) is 4.27. The van der Waals surface area contributed by atoms with Crippen LogP contribution >= 0.6 is 0 Å². The summed E-state index contributed by atoms with van der Waals surface area (Å²) < 4.78 is 2.47. The molecule has 1 aliphatic heterocycles. The van der Waals surface area contributed by atoms with E-state index in [1.165, 1.54) is 11.6 Å². The molecule has 2 aromatic heterocycles. The van der Waals surface area contributed by atoms with E-state index in [1.54, 1.807) is 7.05 Å². The molecule has 2 unspecified atom stereocenters. The molecule has 21 heavy (non-hydrogen) atoms. The SMILES string of the molecule is CC1CC(N)CCN1c1nc2c([nH]1)c(=O)n(C)c(=O)n2C. The molecular weight excluding hydrogens is 272 g/mol. The second kappa shape index (κ2) is 4.73. The van der Waals surface area contributed by atoms with Gasteiger partial charge in [0, 0.05) is 32.7 Å². The van der Waals surface area contributed by atoms with Gasteiger partial charge >= 0.3 is 5.69 Å². The number of H-pyrrole nitrogens is 1. The summed E-state index contributed by atoms with van der Waals surface area (Å²) in [5.74, 6) is 0.628. The molecule has 3 rings (SSSR count). The molecule has 1 fully saturated rings. The van der Waals surface area contributed by atoms with Crippen LogP contribution in [0.25, 0.3) is 11.2 Å². The molecule has 1 aliphatic rings. The minimum Gasteiger partial charge on any atom is -0.340 e. The van der Waals surface area contributed by atoms with Crippen molar-refractivity contribution in [3.05, 3.63) is 20.8 Å². The van der Waals surface area contributed by atoms with Crippen molar-refractivity contribution in [2.75, 3.05) is 11.4 Å². The number of fused-ring (bicyclic) bond motifs is 1. The van der Waals surface area contributed by atoms with Gasteiger partial charge in [-0.1, -0.05) is 0 Å². The lowest BCUT2D eigenvalue weighted by atomic mass is 10.00. The van der Waals surface area contributed by atoms with Crippen molar-refractivity contribution in [3.8, 4) is 0 Å². The van der Waals surface area contributed by atoms with E-state index in [-0.39, 0.29) is 23.3 Å². The van der Waals surface area contributed by atoms with Crippen LogP contribution in [0.4, 0.5) is 5.95 Å². The smallest absolute Gasteiger partial charge is 0.332 e. The average Bonchev–Trinajstić information content (AvgIpc) is 2.88. The summed E-state index contributed by atoms with van der Waals surface area (Å²) in [5.41, 5.74) is 5.99. The Hall–Kier alpha value is -2.09. The fraction of sp³-hybridized carbons (Fsp3) is 0.615. The maximum atomic E-state index is 12.2. The van der Waals surface area contributed by atoms with Crippen LogP contribution < -0.4 is 21.9 Å². The van der Waals surface area contributed by atoms with Crippen LogP contribution in [0, 0.1) is 0 Å². The number of aromatic nitrogens is 4. The summed E-state index contributed by atoms with van der Waals surface area (Å²) in [7, 11) is 3.08. The highest BCUT2D eigenvalue weighted by atomic mass is 16.2. The highest BCUT2D eigenvalue weighted by Crippen LogP contribution is 2.22. The molecule has 8 nitrogen and oxygen atoms in total. The lowest BCUT2D eigenvalue weighted by molar-refractivity contribution is 0.425. The number of nitrogens with one attached hydrogen (secondary N) is 1. The van der Waals surface area contributed by atoms with Gasteiger partial charge in [0.05, 0.1) is 0 Å². The Labute approximate surface area is 121 Å². The van der Waals surface area contributed by atoms with E-state index in [1.807, 2.05) is 0 Å². The molecule has 0 amide bonds. The van der Waals surface area contributed by atoms with Gasteiger partial charge in [-0.05, 0) is 19.8 Å². The van der Waals surface area contributed by atoms with Gasteiger partial charge < -0.3 is 15.6 Å². The Morgan fingerprint density at radius 2 is 2.00 bits per heavy atom. The monoisotopic (exact) mass is 292 g/mol. The normalized spacial score (nSPS) is 23.0. The molecule has 3 heterocycles. The molecule has 2 atom stereocenters. The first-order valence-corrected chi connectivity index (χ1v) is 7.08. The zero-order valence-electron chi connectivity index (χ0n) is 12.5. The number of imidazole rings is 1. The minimum atomic E-state index is -0.376. The number of nitrogens with two attached hydrogens (primary N) is 1. The standard InChI is InChI=1S/C13H20N6O2/c1-7-6-8(14)4-5-19(7)12-15-9-10(16-12)17(2)13(21)18(3)11(9)20/h7-8H,4-6,14H2,1-3H3,(H,15,16). The van der Waals surface area contributed by atoms with E-state index in [0.29, 0.717) is 17.1 Å². The van der Waals surface area contributed by atoms with Crippen molar-refractivity contribution < 1.29 is 0 Å². The summed E-state index contributed by atoms with van der Waals surface area (Å²) in [6.45, 7) is 2.87. The number of aromatic amines is 1. The highest BCUT2D eigenvalue weighted by Gasteiger charge is 2.26. The van der Waals surface area contributed by atoms with E-state index in [9.17, 15) is 9.59 Å². The van der Waals surface area contributed by atoms with Gasteiger partial charge in [-0.3, -0.25) is 13.9 Å². The number of hydrogen-bond donors (Lipinski definition) is 2. The lowest BCUT2D eigenvalue weighted by Gasteiger charge is -2.36. The van der Waals surface area contributed by atoms with Crippen molar-refractivity contribution in [2.24, 2.45) is 19.8 Å². The molecule has 114 valence electrons. The summed E-state index contributed by atoms with van der Waals surface area (Å²) in [6.07, 6.45) is 1.77. The van der Waals surface area contributed by atoms with E-state index < -0.39 is 0 Å². The second-order valence-corrected chi connectivity index (χ2v) is 5.79. The largest absolute Gasteiger partial charge is 0.340 e. The molecule has 2 aromatic rings. The Morgan fingerprint density at radius 3 is 2.67 bits per heavy atom. The first-order valence-electron chi connectivity index (χ1n) is 7.08. The van der Waals surface area contributed by atoms with Gasteiger partial charge in [-0.15, -0.1) is 0 Å². The van der Waals surface area contributed by atoms with Crippen LogP contribution in [0.15, 0.2) is 9.59 Å². The molecule has 0 bridgehead atoms. The zero-order chi connectivity index (χ0) is 15.3. The van der Waals surface area contributed by atoms with Crippen molar-refractivity contribution in [1.82, 2.24) is 19.1 Å². The fourth-order valence-corrected chi connectivity index (χ4v) is 2.97. The number of piperidine rings is 1. The predicted molar refractivity (Wildman–Crippen MR) is 80.6 cm³/mol. The topological polar surface area (TPSA) is 102 Å². The molecule has 0 saturated carbocycles. The fourth-order valence-electron chi connectivity index (χ4n) is 2.97. The first-order chi connectivity index (χ1) is 9.90. The molecule has 1 saturated heterocycles. The Morgan fingerprint density at radius 1 is 1.29 bits per heavy atom. The number of hydrogen-bond acceptors (Lipinski definition) is 5. The summed E-state index contributed by atoms with van der Waals surface area (Å²) in [4.78, 5) is 33.7. The number of nitrogens with zero attached hydrogens (tertiary/aromatic N) is 4. The minimum absolute atomic E-state index is 0.206. The van der Waals surface area contributed by atoms with Gasteiger partial charge in [0.2, 0.25) is 5.95 Å². The maximum Gasteiger partial charge on any atom is 0.332 e. The molecule has 8 heteroatoms. The number of aryl methyl sites for hydroxylation is 1. The van der Waals surface area contributed by atoms with Gasteiger partial charge in [0.15, 0.2) is 11.2 Å². The third kappa shape index (κ3) is 2.06. The number of anilines is 1. The highest BCUT2D eigenvalue weighted by molar-refractivity contribution is 5.73. The van der Waals surface area contributed by atoms with E-state index in [0.717, 1.165) is 24.0 Å². The van der Waals surface area contributed by atoms with Crippen LogP contribution in [0.2, 0.25) is 0 Å². The summed E-state index contributed by atoms with van der Waals surface area (Å²) in [5, 5.41) is 0. The van der Waals surface area contributed by atoms with Gasteiger partial charge in [0.1, 0.15) is 0 Å². The van der Waals surface area contributed by atoms with E-state index in [2.05, 4.69) is 21.8 Å². The Bertz CT molecular complexity index is 801. The second-order valence-electron chi connectivity index (χ2n) is 5.79. The van der Waals surface area contributed by atoms with Crippen LogP contribution in [0.5, 0.6) is 0 Å².